The second-order valence-corrected chi connectivity index (χ2v) is 7.01. The van der Waals surface area contributed by atoms with Crippen LogP contribution in [-0.2, 0) is 11.2 Å². The first kappa shape index (κ1) is 18.3. The smallest absolute Gasteiger partial charge is 0.253 e. The molecular weight excluding hydrogens is 329 g/mol. The van der Waals surface area contributed by atoms with Crippen LogP contribution in [0.1, 0.15) is 40.7 Å². The van der Waals surface area contributed by atoms with Crippen molar-refractivity contribution in [3.8, 4) is 0 Å². The van der Waals surface area contributed by atoms with Crippen LogP contribution >= 0.6 is 0 Å². The summed E-state index contributed by atoms with van der Waals surface area (Å²) in [6.45, 7) is 2.73. The number of piperidine rings is 1. The molecule has 0 aliphatic carbocycles. The lowest BCUT2D eigenvalue weighted by Gasteiger charge is -2.32. The Morgan fingerprint density at radius 2 is 1.92 bits per heavy atom. The predicted octanol–water partition coefficient (Wildman–Crippen LogP) is 4.19. The van der Waals surface area contributed by atoms with Crippen molar-refractivity contribution in [1.82, 2.24) is 4.90 Å². The molecule has 136 valence electrons. The fourth-order valence-electron chi connectivity index (χ4n) is 3.45. The molecule has 3 rings (SSSR count). The molecule has 4 heteroatoms. The Kier molecular flexibility index (Phi) is 5.82. The first-order valence-corrected chi connectivity index (χ1v) is 9.16. The number of likely N-dealkylation sites (tertiary alicyclic amines) is 1. The number of ketones is 1. The second kappa shape index (κ2) is 8.26. The van der Waals surface area contributed by atoms with Gasteiger partial charge in [0.25, 0.3) is 5.91 Å². The Hall–Kier alpha value is -2.49. The molecule has 1 amide bonds. The number of amides is 1. The highest BCUT2D eigenvalue weighted by Crippen LogP contribution is 2.22. The third-order valence-electron chi connectivity index (χ3n) is 5.09. The van der Waals surface area contributed by atoms with Gasteiger partial charge in [0.2, 0.25) is 0 Å². The maximum atomic E-state index is 13.7. The Labute approximate surface area is 153 Å². The van der Waals surface area contributed by atoms with E-state index < -0.39 is 0 Å². The summed E-state index contributed by atoms with van der Waals surface area (Å²) >= 11 is 0. The van der Waals surface area contributed by atoms with Crippen molar-refractivity contribution in [3.63, 3.8) is 0 Å². The van der Waals surface area contributed by atoms with Crippen molar-refractivity contribution < 1.29 is 14.0 Å². The molecule has 0 saturated carbocycles. The van der Waals surface area contributed by atoms with Crippen molar-refractivity contribution >= 4 is 11.7 Å². The normalized spacial score (nSPS) is 17.2. The first-order chi connectivity index (χ1) is 12.5. The van der Waals surface area contributed by atoms with Crippen LogP contribution in [0.3, 0.4) is 0 Å². The molecular formula is C22H24FNO2. The molecule has 1 atom stereocenters. The molecule has 26 heavy (non-hydrogen) atoms. The lowest BCUT2D eigenvalue weighted by Crippen LogP contribution is -2.42. The molecule has 0 bridgehead atoms. The van der Waals surface area contributed by atoms with E-state index in [1.54, 1.807) is 24.0 Å². The summed E-state index contributed by atoms with van der Waals surface area (Å²) < 4.78 is 13.7. The minimum Gasteiger partial charge on any atom is -0.338 e. The molecule has 1 aliphatic heterocycles. The summed E-state index contributed by atoms with van der Waals surface area (Å²) in [6.07, 6.45) is 2.85. The fraction of sp³-hybridized carbons (Fsp3) is 0.364. The topological polar surface area (TPSA) is 37.4 Å². The van der Waals surface area contributed by atoms with Crippen LogP contribution < -0.4 is 0 Å². The van der Waals surface area contributed by atoms with Gasteiger partial charge in [0, 0.05) is 31.0 Å². The van der Waals surface area contributed by atoms with Gasteiger partial charge in [-0.05, 0) is 49.4 Å². The van der Waals surface area contributed by atoms with Gasteiger partial charge >= 0.3 is 0 Å². The van der Waals surface area contributed by atoms with E-state index in [-0.39, 0.29) is 23.4 Å². The maximum Gasteiger partial charge on any atom is 0.253 e. The Morgan fingerprint density at radius 3 is 2.65 bits per heavy atom. The van der Waals surface area contributed by atoms with Gasteiger partial charge in [0.15, 0.2) is 0 Å². The number of Topliss-reactive ketones (excluding diaryl/α,β-unsaturated/α-hetero) is 1. The van der Waals surface area contributed by atoms with Gasteiger partial charge in [-0.25, -0.2) is 4.39 Å². The van der Waals surface area contributed by atoms with Crippen molar-refractivity contribution in [2.24, 2.45) is 5.92 Å². The molecule has 0 spiro atoms. The number of halogens is 1. The van der Waals surface area contributed by atoms with Gasteiger partial charge in [0.1, 0.15) is 11.6 Å². The minimum atomic E-state index is -0.372. The van der Waals surface area contributed by atoms with Crippen LogP contribution in [0.5, 0.6) is 0 Å². The maximum absolute atomic E-state index is 13.7. The van der Waals surface area contributed by atoms with Crippen molar-refractivity contribution in [2.75, 3.05) is 13.1 Å². The number of nitrogens with zero attached hydrogens (tertiary/aromatic N) is 1. The van der Waals surface area contributed by atoms with E-state index in [1.165, 1.54) is 6.07 Å². The summed E-state index contributed by atoms with van der Waals surface area (Å²) in [7, 11) is 0. The summed E-state index contributed by atoms with van der Waals surface area (Å²) in [5.41, 5.74) is 2.03. The van der Waals surface area contributed by atoms with Crippen molar-refractivity contribution in [3.05, 3.63) is 71.0 Å². The van der Waals surface area contributed by atoms with Gasteiger partial charge in [-0.3, -0.25) is 9.59 Å². The average molecular weight is 353 g/mol. The molecule has 0 aromatic heterocycles. The first-order valence-electron chi connectivity index (χ1n) is 9.16. The molecule has 0 radical (unpaired) electrons. The average Bonchev–Trinajstić information content (AvgIpc) is 2.68. The van der Waals surface area contributed by atoms with E-state index in [0.29, 0.717) is 30.6 Å². The van der Waals surface area contributed by atoms with Crippen LogP contribution in [0.25, 0.3) is 0 Å². The number of rotatable bonds is 5. The van der Waals surface area contributed by atoms with Crippen LogP contribution in [0, 0.1) is 18.7 Å². The van der Waals surface area contributed by atoms with Crippen molar-refractivity contribution in [2.45, 2.75) is 32.6 Å². The Morgan fingerprint density at radius 1 is 1.15 bits per heavy atom. The number of carbonyl (C=O) groups excluding carboxylic acids is 2. The van der Waals surface area contributed by atoms with Gasteiger partial charge in [-0.15, -0.1) is 0 Å². The Bertz CT molecular complexity index is 788. The number of hydrogen-bond donors (Lipinski definition) is 0. The molecule has 2 aromatic rings. The highest BCUT2D eigenvalue weighted by molar-refractivity contribution is 5.95. The van der Waals surface area contributed by atoms with Gasteiger partial charge in [-0.2, -0.15) is 0 Å². The van der Waals surface area contributed by atoms with Crippen LogP contribution in [0.4, 0.5) is 4.39 Å². The molecule has 1 heterocycles. The van der Waals surface area contributed by atoms with E-state index in [2.05, 4.69) is 0 Å². The molecule has 1 saturated heterocycles. The fourth-order valence-corrected chi connectivity index (χ4v) is 3.45. The van der Waals surface area contributed by atoms with E-state index in [4.69, 9.17) is 0 Å². The highest BCUT2D eigenvalue weighted by Gasteiger charge is 2.28. The van der Waals surface area contributed by atoms with E-state index >= 15 is 0 Å². The van der Waals surface area contributed by atoms with Crippen LogP contribution in [0.15, 0.2) is 48.5 Å². The number of aryl methyl sites for hydroxylation is 2. The number of benzene rings is 2. The second-order valence-electron chi connectivity index (χ2n) is 7.01. The third-order valence-corrected chi connectivity index (χ3v) is 5.09. The zero-order valence-electron chi connectivity index (χ0n) is 15.1. The van der Waals surface area contributed by atoms with Crippen LogP contribution in [0.2, 0.25) is 0 Å². The summed E-state index contributed by atoms with van der Waals surface area (Å²) in [4.78, 5) is 26.9. The van der Waals surface area contributed by atoms with Gasteiger partial charge in [0.05, 0.1) is 0 Å². The van der Waals surface area contributed by atoms with Gasteiger partial charge < -0.3 is 4.90 Å². The highest BCUT2D eigenvalue weighted by atomic mass is 19.1. The quantitative estimate of drug-likeness (QED) is 0.808. The molecule has 2 aromatic carbocycles. The largest absolute Gasteiger partial charge is 0.338 e. The lowest BCUT2D eigenvalue weighted by atomic mass is 9.90. The number of hydrogen-bond acceptors (Lipinski definition) is 2. The van der Waals surface area contributed by atoms with E-state index in [0.717, 1.165) is 24.8 Å². The van der Waals surface area contributed by atoms with Crippen LogP contribution in [-0.4, -0.2) is 29.7 Å². The molecule has 0 unspecified atom stereocenters. The Balaban J connectivity index is 1.60. The molecule has 3 nitrogen and oxygen atoms in total. The van der Waals surface area contributed by atoms with Crippen molar-refractivity contribution in [1.29, 1.82) is 0 Å². The van der Waals surface area contributed by atoms with E-state index in [9.17, 15) is 14.0 Å². The number of carbonyl (C=O) groups is 2. The predicted molar refractivity (Wildman–Crippen MR) is 99.5 cm³/mol. The summed E-state index contributed by atoms with van der Waals surface area (Å²) in [5.74, 6) is -0.471. The monoisotopic (exact) mass is 353 g/mol. The molecule has 1 aliphatic rings. The molecule has 0 N–H and O–H groups in total. The van der Waals surface area contributed by atoms with Gasteiger partial charge in [-0.1, -0.05) is 36.4 Å². The zero-order chi connectivity index (χ0) is 18.5. The zero-order valence-corrected chi connectivity index (χ0v) is 15.1. The third kappa shape index (κ3) is 4.37. The SMILES string of the molecule is Cc1ccc(C(=O)N2CCC[C@@H](C(=O)CCc3ccccc3)C2)cc1F. The van der Waals surface area contributed by atoms with E-state index in [1.807, 2.05) is 30.3 Å². The summed E-state index contributed by atoms with van der Waals surface area (Å²) in [5, 5.41) is 0. The summed E-state index contributed by atoms with van der Waals surface area (Å²) in [6, 6.07) is 14.5. The standard InChI is InChI=1S/C22H24FNO2/c1-16-9-11-18(14-20(16)23)22(26)24-13-5-8-19(15-24)21(25)12-10-17-6-3-2-4-7-17/h2-4,6-7,9,11,14,19H,5,8,10,12-13,15H2,1H3/t19-/m1/s1. The minimum absolute atomic E-state index is 0.119. The molecule has 1 fully saturated rings. The lowest BCUT2D eigenvalue weighted by molar-refractivity contribution is -0.124.